The predicted molar refractivity (Wildman–Crippen MR) is 83.6 cm³/mol. The minimum atomic E-state index is 0.547. The molecule has 0 aromatic carbocycles. The molecule has 2 aliphatic rings. The summed E-state index contributed by atoms with van der Waals surface area (Å²) in [6, 6.07) is 6.28. The van der Waals surface area contributed by atoms with Gasteiger partial charge in [0.25, 0.3) is 0 Å². The highest BCUT2D eigenvalue weighted by atomic mass is 15.3. The smallest absolute Gasteiger partial charge is 0.157 e. The first kappa shape index (κ1) is 13.1. The SMILES string of the molecule is Cc1cc(NC2CC3CCCC(C2)N3C)n2ncnc2c1. The number of nitrogens with zero attached hydrogens (tertiary/aromatic N) is 4. The zero-order chi connectivity index (χ0) is 14.4. The van der Waals surface area contributed by atoms with Crippen LogP contribution in [0.4, 0.5) is 5.82 Å². The van der Waals surface area contributed by atoms with Gasteiger partial charge in [0.05, 0.1) is 0 Å². The van der Waals surface area contributed by atoms with Crippen molar-refractivity contribution < 1.29 is 0 Å². The number of hydrogen-bond acceptors (Lipinski definition) is 4. The van der Waals surface area contributed by atoms with Crippen LogP contribution in [0.15, 0.2) is 18.5 Å². The maximum absolute atomic E-state index is 4.35. The molecule has 4 rings (SSSR count). The molecule has 2 aromatic rings. The van der Waals surface area contributed by atoms with Crippen LogP contribution in [0.25, 0.3) is 5.65 Å². The molecule has 4 heterocycles. The number of nitrogens with one attached hydrogen (secondary N) is 1. The predicted octanol–water partition coefficient (Wildman–Crippen LogP) is 2.46. The summed E-state index contributed by atoms with van der Waals surface area (Å²) in [6.45, 7) is 2.11. The van der Waals surface area contributed by atoms with E-state index in [1.807, 2.05) is 4.52 Å². The Balaban J connectivity index is 1.59. The van der Waals surface area contributed by atoms with E-state index < -0.39 is 0 Å². The Bertz CT molecular complexity index is 635. The van der Waals surface area contributed by atoms with Crippen molar-refractivity contribution in [1.82, 2.24) is 19.5 Å². The lowest BCUT2D eigenvalue weighted by molar-refractivity contribution is 0.0607. The molecule has 2 atom stereocenters. The molecule has 2 unspecified atom stereocenters. The lowest BCUT2D eigenvalue weighted by Gasteiger charge is -2.47. The van der Waals surface area contributed by atoms with Crippen LogP contribution in [-0.2, 0) is 0 Å². The molecule has 2 bridgehead atoms. The van der Waals surface area contributed by atoms with Crippen LogP contribution < -0.4 is 5.32 Å². The number of piperidine rings is 2. The third kappa shape index (κ3) is 2.29. The normalized spacial score (nSPS) is 29.7. The van der Waals surface area contributed by atoms with Gasteiger partial charge in [0.1, 0.15) is 12.1 Å². The van der Waals surface area contributed by atoms with Gasteiger partial charge in [-0.2, -0.15) is 9.61 Å². The fourth-order valence-corrected chi connectivity index (χ4v) is 4.10. The fourth-order valence-electron chi connectivity index (χ4n) is 4.10. The third-order valence-corrected chi connectivity index (χ3v) is 5.22. The summed E-state index contributed by atoms with van der Waals surface area (Å²) in [7, 11) is 2.30. The Morgan fingerprint density at radius 2 is 1.95 bits per heavy atom. The summed E-state index contributed by atoms with van der Waals surface area (Å²) >= 11 is 0. The minimum Gasteiger partial charge on any atom is -0.367 e. The van der Waals surface area contributed by atoms with Gasteiger partial charge in [0, 0.05) is 18.1 Å². The van der Waals surface area contributed by atoms with Crippen molar-refractivity contribution in [3.05, 3.63) is 24.0 Å². The van der Waals surface area contributed by atoms with Crippen molar-refractivity contribution in [2.45, 2.75) is 57.2 Å². The van der Waals surface area contributed by atoms with E-state index in [9.17, 15) is 0 Å². The Hall–Kier alpha value is -1.62. The van der Waals surface area contributed by atoms with Crippen LogP contribution in [0.5, 0.6) is 0 Å². The first-order chi connectivity index (χ1) is 10.2. The average molecular weight is 285 g/mol. The summed E-state index contributed by atoms with van der Waals surface area (Å²) in [4.78, 5) is 6.91. The lowest BCUT2D eigenvalue weighted by Crippen LogP contribution is -2.52. The van der Waals surface area contributed by atoms with Crippen molar-refractivity contribution in [2.75, 3.05) is 12.4 Å². The zero-order valence-corrected chi connectivity index (χ0v) is 12.8. The highest BCUT2D eigenvalue weighted by Crippen LogP contribution is 2.33. The molecule has 5 nitrogen and oxygen atoms in total. The van der Waals surface area contributed by atoms with Gasteiger partial charge < -0.3 is 10.2 Å². The van der Waals surface area contributed by atoms with Gasteiger partial charge in [0.15, 0.2) is 5.65 Å². The van der Waals surface area contributed by atoms with Gasteiger partial charge >= 0.3 is 0 Å². The molecule has 0 radical (unpaired) electrons. The van der Waals surface area contributed by atoms with E-state index >= 15 is 0 Å². The first-order valence-corrected chi connectivity index (χ1v) is 7.99. The second-order valence-corrected chi connectivity index (χ2v) is 6.66. The number of anilines is 1. The summed E-state index contributed by atoms with van der Waals surface area (Å²) in [5.74, 6) is 1.08. The molecule has 21 heavy (non-hydrogen) atoms. The standard InChI is InChI=1S/C16H23N5/c1-11-6-15-17-10-18-21(15)16(7-11)19-12-8-13-4-3-5-14(9-12)20(13)2/h6-7,10,12-14,19H,3-5,8-9H2,1-2H3. The van der Waals surface area contributed by atoms with Crippen molar-refractivity contribution in [1.29, 1.82) is 0 Å². The van der Waals surface area contributed by atoms with Crippen LogP contribution >= 0.6 is 0 Å². The van der Waals surface area contributed by atoms with Crippen LogP contribution in [0, 0.1) is 6.92 Å². The molecule has 5 heteroatoms. The van der Waals surface area contributed by atoms with E-state index in [0.29, 0.717) is 6.04 Å². The van der Waals surface area contributed by atoms with Crippen molar-refractivity contribution in [3.8, 4) is 0 Å². The molecular formula is C16H23N5. The molecule has 0 saturated carbocycles. The monoisotopic (exact) mass is 285 g/mol. The van der Waals surface area contributed by atoms with Crippen molar-refractivity contribution in [2.24, 2.45) is 0 Å². The maximum atomic E-state index is 4.35. The minimum absolute atomic E-state index is 0.547. The number of hydrogen-bond donors (Lipinski definition) is 1. The average Bonchev–Trinajstić information content (AvgIpc) is 2.88. The first-order valence-electron chi connectivity index (χ1n) is 7.99. The van der Waals surface area contributed by atoms with Gasteiger partial charge in [-0.25, -0.2) is 4.98 Å². The molecule has 2 aromatic heterocycles. The second-order valence-electron chi connectivity index (χ2n) is 6.66. The largest absolute Gasteiger partial charge is 0.367 e. The number of aromatic nitrogens is 3. The number of pyridine rings is 1. The van der Waals surface area contributed by atoms with E-state index in [1.54, 1.807) is 6.33 Å². The van der Waals surface area contributed by atoms with Crippen LogP contribution in [-0.4, -0.2) is 44.7 Å². The van der Waals surface area contributed by atoms with Gasteiger partial charge in [0.2, 0.25) is 0 Å². The van der Waals surface area contributed by atoms with Crippen LogP contribution in [0.2, 0.25) is 0 Å². The van der Waals surface area contributed by atoms with E-state index in [1.165, 1.54) is 37.7 Å². The van der Waals surface area contributed by atoms with Gasteiger partial charge in [-0.05, 0) is 57.4 Å². The Labute approximate surface area is 125 Å². The third-order valence-electron chi connectivity index (χ3n) is 5.22. The Morgan fingerprint density at radius 1 is 1.19 bits per heavy atom. The Kier molecular flexibility index (Phi) is 3.10. The molecule has 0 aliphatic carbocycles. The second kappa shape index (κ2) is 4.98. The lowest BCUT2D eigenvalue weighted by atomic mass is 9.82. The van der Waals surface area contributed by atoms with E-state index in [0.717, 1.165) is 23.5 Å². The van der Waals surface area contributed by atoms with E-state index in [2.05, 4.69) is 46.4 Å². The quantitative estimate of drug-likeness (QED) is 0.920. The molecule has 1 N–H and O–H groups in total. The topological polar surface area (TPSA) is 45.5 Å². The molecule has 0 amide bonds. The van der Waals surface area contributed by atoms with Crippen LogP contribution in [0.1, 0.15) is 37.7 Å². The molecule has 2 saturated heterocycles. The highest BCUT2D eigenvalue weighted by Gasteiger charge is 2.36. The molecule has 2 aliphatic heterocycles. The summed E-state index contributed by atoms with van der Waals surface area (Å²) in [5, 5.41) is 8.08. The van der Waals surface area contributed by atoms with Gasteiger partial charge in [-0.3, -0.25) is 0 Å². The fraction of sp³-hybridized carbons (Fsp3) is 0.625. The summed E-state index contributed by atoms with van der Waals surface area (Å²) in [6.07, 6.45) is 8.18. The van der Waals surface area contributed by atoms with E-state index in [-0.39, 0.29) is 0 Å². The molecule has 2 fully saturated rings. The maximum Gasteiger partial charge on any atom is 0.157 e. The number of fused-ring (bicyclic) bond motifs is 3. The number of aryl methyl sites for hydroxylation is 1. The summed E-state index contributed by atoms with van der Waals surface area (Å²) < 4.78 is 1.92. The Morgan fingerprint density at radius 3 is 2.71 bits per heavy atom. The molecule has 0 spiro atoms. The molecular weight excluding hydrogens is 262 g/mol. The zero-order valence-electron chi connectivity index (χ0n) is 12.8. The molecule has 112 valence electrons. The van der Waals surface area contributed by atoms with Crippen molar-refractivity contribution in [3.63, 3.8) is 0 Å². The number of rotatable bonds is 2. The van der Waals surface area contributed by atoms with Gasteiger partial charge in [-0.1, -0.05) is 6.42 Å². The van der Waals surface area contributed by atoms with Crippen molar-refractivity contribution >= 4 is 11.5 Å². The van der Waals surface area contributed by atoms with Gasteiger partial charge in [-0.15, -0.1) is 0 Å². The van der Waals surface area contributed by atoms with E-state index in [4.69, 9.17) is 0 Å². The van der Waals surface area contributed by atoms with Crippen LogP contribution in [0.3, 0.4) is 0 Å². The highest BCUT2D eigenvalue weighted by molar-refractivity contribution is 5.51. The summed E-state index contributed by atoms with van der Waals surface area (Å²) in [5.41, 5.74) is 2.15.